The minimum Gasteiger partial charge on any atom is -0.396 e. The van der Waals surface area contributed by atoms with Crippen LogP contribution in [0.25, 0.3) is 10.9 Å². The number of benzene rings is 1. The van der Waals surface area contributed by atoms with Crippen LogP contribution in [0.4, 0.5) is 0 Å². The number of piperidine rings is 1. The highest BCUT2D eigenvalue weighted by Crippen LogP contribution is 2.44. The normalized spacial score (nSPS) is 29.6. The number of aromatic nitrogens is 1. The molecule has 1 aromatic carbocycles. The fraction of sp³-hybridized carbons (Fsp3) is 0.529. The number of hydrogen-bond donors (Lipinski definition) is 2. The van der Waals surface area contributed by atoms with Gasteiger partial charge in [-0.15, -0.1) is 0 Å². The quantitative estimate of drug-likeness (QED) is 0.880. The number of nitrogens with zero attached hydrogens (tertiary/aromatic N) is 1. The lowest BCUT2D eigenvalue weighted by molar-refractivity contribution is 0.0612. The fourth-order valence-corrected chi connectivity index (χ4v) is 4.39. The zero-order valence-corrected chi connectivity index (χ0v) is 12.0. The molecule has 4 rings (SSSR count). The molecular formula is C17H22N2O. The van der Waals surface area contributed by atoms with E-state index in [1.807, 2.05) is 0 Å². The number of fused-ring (bicyclic) bond motifs is 2. The average Bonchev–Trinajstić information content (AvgIpc) is 2.91. The summed E-state index contributed by atoms with van der Waals surface area (Å²) in [5, 5.41) is 11.1. The molecule has 3 atom stereocenters. The summed E-state index contributed by atoms with van der Waals surface area (Å²) in [7, 11) is 0. The van der Waals surface area contributed by atoms with Crippen LogP contribution in [0.2, 0.25) is 0 Å². The molecule has 1 unspecified atom stereocenters. The average molecular weight is 270 g/mol. The Morgan fingerprint density at radius 3 is 3.10 bits per heavy atom. The van der Waals surface area contributed by atoms with Gasteiger partial charge in [0.05, 0.1) is 0 Å². The lowest BCUT2D eigenvalue weighted by Gasteiger charge is -2.46. The predicted molar refractivity (Wildman–Crippen MR) is 81.0 cm³/mol. The summed E-state index contributed by atoms with van der Waals surface area (Å²) in [6.45, 7) is 4.68. The molecule has 2 aromatic rings. The minimum absolute atomic E-state index is 0.315. The highest BCUT2D eigenvalue weighted by atomic mass is 16.3. The summed E-state index contributed by atoms with van der Waals surface area (Å²) >= 11 is 0. The first-order valence-corrected chi connectivity index (χ1v) is 7.75. The smallest absolute Gasteiger partial charge is 0.0471 e. The molecule has 1 fully saturated rings. The Morgan fingerprint density at radius 1 is 1.40 bits per heavy atom. The van der Waals surface area contributed by atoms with E-state index in [0.29, 0.717) is 24.5 Å². The third-order valence-electron chi connectivity index (χ3n) is 5.33. The van der Waals surface area contributed by atoms with Crippen molar-refractivity contribution >= 4 is 10.9 Å². The van der Waals surface area contributed by atoms with Gasteiger partial charge >= 0.3 is 0 Å². The predicted octanol–water partition coefficient (Wildman–Crippen LogP) is 2.51. The Morgan fingerprint density at radius 2 is 2.30 bits per heavy atom. The van der Waals surface area contributed by atoms with Crippen LogP contribution in [0.15, 0.2) is 24.4 Å². The van der Waals surface area contributed by atoms with Gasteiger partial charge in [-0.1, -0.05) is 19.1 Å². The van der Waals surface area contributed by atoms with Crippen molar-refractivity contribution in [3.05, 3.63) is 35.5 Å². The van der Waals surface area contributed by atoms with Crippen molar-refractivity contribution in [2.24, 2.45) is 5.92 Å². The number of nitrogens with one attached hydrogen (secondary N) is 1. The van der Waals surface area contributed by atoms with E-state index in [0.717, 1.165) is 25.9 Å². The zero-order chi connectivity index (χ0) is 13.7. The van der Waals surface area contributed by atoms with Crippen molar-refractivity contribution in [1.82, 2.24) is 9.88 Å². The second-order valence-electron chi connectivity index (χ2n) is 6.33. The van der Waals surface area contributed by atoms with Gasteiger partial charge in [-0.25, -0.2) is 0 Å². The first-order valence-electron chi connectivity index (χ1n) is 7.75. The molecular weight excluding hydrogens is 248 g/mol. The van der Waals surface area contributed by atoms with Gasteiger partial charge in [0, 0.05) is 42.2 Å². The summed E-state index contributed by atoms with van der Waals surface area (Å²) in [5.41, 5.74) is 4.23. The largest absolute Gasteiger partial charge is 0.396 e. The van der Waals surface area contributed by atoms with Crippen molar-refractivity contribution in [3.63, 3.8) is 0 Å². The summed E-state index contributed by atoms with van der Waals surface area (Å²) in [6, 6.07) is 7.24. The van der Waals surface area contributed by atoms with E-state index in [9.17, 15) is 5.11 Å². The van der Waals surface area contributed by atoms with Crippen LogP contribution < -0.4 is 0 Å². The first kappa shape index (κ1) is 12.4. The van der Waals surface area contributed by atoms with Crippen LogP contribution in [0.1, 0.15) is 30.4 Å². The molecule has 1 saturated heterocycles. The molecule has 2 heterocycles. The molecule has 3 heteroatoms. The highest BCUT2D eigenvalue weighted by Gasteiger charge is 2.39. The number of aliphatic hydroxyl groups excluding tert-OH is 1. The third-order valence-corrected chi connectivity index (χ3v) is 5.33. The monoisotopic (exact) mass is 270 g/mol. The van der Waals surface area contributed by atoms with E-state index in [1.165, 1.54) is 22.0 Å². The van der Waals surface area contributed by atoms with Crippen molar-refractivity contribution in [2.75, 3.05) is 19.7 Å². The molecule has 0 radical (unpaired) electrons. The van der Waals surface area contributed by atoms with Crippen molar-refractivity contribution in [1.29, 1.82) is 0 Å². The number of H-pyrrole nitrogens is 1. The number of likely N-dealkylation sites (N-methyl/N-ethyl adjacent to an activating group) is 1. The lowest BCUT2D eigenvalue weighted by atomic mass is 9.72. The summed E-state index contributed by atoms with van der Waals surface area (Å²) in [4.78, 5) is 5.99. The molecule has 0 saturated carbocycles. The first-order chi connectivity index (χ1) is 9.81. The van der Waals surface area contributed by atoms with Crippen molar-refractivity contribution < 1.29 is 5.11 Å². The van der Waals surface area contributed by atoms with Crippen LogP contribution in [0.5, 0.6) is 0 Å². The molecule has 1 aliphatic carbocycles. The lowest BCUT2D eigenvalue weighted by Crippen LogP contribution is -2.50. The van der Waals surface area contributed by atoms with Crippen LogP contribution in [-0.4, -0.2) is 40.7 Å². The molecule has 106 valence electrons. The van der Waals surface area contributed by atoms with Crippen molar-refractivity contribution in [3.8, 4) is 0 Å². The number of hydrogen-bond acceptors (Lipinski definition) is 2. The molecule has 0 amide bonds. The number of rotatable bonds is 2. The topological polar surface area (TPSA) is 39.3 Å². The Balaban J connectivity index is 1.84. The SMILES string of the molecule is CCN1C[C@H](CO)CC2c3cccc4[nH]cc(c34)C[C@H]21. The molecule has 3 nitrogen and oxygen atoms in total. The molecule has 1 aromatic heterocycles. The van der Waals surface area contributed by atoms with Gasteiger partial charge in [0.15, 0.2) is 0 Å². The van der Waals surface area contributed by atoms with Gasteiger partial charge in [0.1, 0.15) is 0 Å². The van der Waals surface area contributed by atoms with Crippen molar-refractivity contribution in [2.45, 2.75) is 31.7 Å². The second-order valence-corrected chi connectivity index (χ2v) is 6.33. The molecule has 0 spiro atoms. The number of likely N-dealkylation sites (tertiary alicyclic amines) is 1. The van der Waals surface area contributed by atoms with E-state index in [2.05, 4.69) is 41.2 Å². The van der Waals surface area contributed by atoms with Gasteiger partial charge in [-0.05, 0) is 42.5 Å². The molecule has 2 N–H and O–H groups in total. The number of aliphatic hydroxyl groups is 1. The summed E-state index contributed by atoms with van der Waals surface area (Å²) in [6.07, 6.45) is 4.46. The van der Waals surface area contributed by atoms with Gasteiger partial charge in [0.2, 0.25) is 0 Å². The van der Waals surface area contributed by atoms with Crippen LogP contribution in [0.3, 0.4) is 0 Å². The second kappa shape index (κ2) is 4.61. The van der Waals surface area contributed by atoms with E-state index in [-0.39, 0.29) is 0 Å². The van der Waals surface area contributed by atoms with Gasteiger partial charge < -0.3 is 10.1 Å². The fourth-order valence-electron chi connectivity index (χ4n) is 4.39. The Bertz CT molecular complexity index is 633. The molecule has 20 heavy (non-hydrogen) atoms. The summed E-state index contributed by atoms with van der Waals surface area (Å²) < 4.78 is 0. The Kier molecular flexibility index (Phi) is 2.86. The molecule has 2 aliphatic rings. The zero-order valence-electron chi connectivity index (χ0n) is 12.0. The molecule has 0 bridgehead atoms. The van der Waals surface area contributed by atoms with E-state index in [1.54, 1.807) is 0 Å². The number of aromatic amines is 1. The highest BCUT2D eigenvalue weighted by molar-refractivity contribution is 5.88. The van der Waals surface area contributed by atoms with Gasteiger partial charge in [-0.2, -0.15) is 0 Å². The Hall–Kier alpha value is -1.32. The standard InChI is InChI=1S/C17H22N2O/c1-2-19-9-11(10-20)6-14-13-4-3-5-15-17(13)12(8-18-15)7-16(14)19/h3-5,8,11,14,16,18,20H,2,6-7,9-10H2,1H3/t11-,14?,16-/m1/s1. The maximum atomic E-state index is 9.61. The summed E-state index contributed by atoms with van der Waals surface area (Å²) in [5.74, 6) is 1.000. The third kappa shape index (κ3) is 1.66. The van der Waals surface area contributed by atoms with Crippen LogP contribution >= 0.6 is 0 Å². The maximum absolute atomic E-state index is 9.61. The maximum Gasteiger partial charge on any atom is 0.0471 e. The van der Waals surface area contributed by atoms with E-state index >= 15 is 0 Å². The van der Waals surface area contributed by atoms with Crippen LogP contribution in [-0.2, 0) is 6.42 Å². The minimum atomic E-state index is 0.315. The van der Waals surface area contributed by atoms with E-state index in [4.69, 9.17) is 0 Å². The molecule has 1 aliphatic heterocycles. The Labute approximate surface area is 119 Å². The van der Waals surface area contributed by atoms with Crippen LogP contribution in [0, 0.1) is 5.92 Å². The van der Waals surface area contributed by atoms with Gasteiger partial charge in [0.25, 0.3) is 0 Å². The van der Waals surface area contributed by atoms with E-state index < -0.39 is 0 Å². The van der Waals surface area contributed by atoms with Gasteiger partial charge in [-0.3, -0.25) is 4.90 Å².